The Kier molecular flexibility index (Phi) is 3.66. The molecule has 2 saturated carbocycles. The third kappa shape index (κ3) is 3.51. The lowest BCUT2D eigenvalue weighted by molar-refractivity contribution is 0.434. The Bertz CT molecular complexity index is 225. The monoisotopic (exact) mass is 208 g/mol. The van der Waals surface area contributed by atoms with Crippen molar-refractivity contribution >= 4 is 5.84 Å². The molecule has 1 atom stereocenters. The molecule has 0 aromatic rings. The van der Waals surface area contributed by atoms with Gasteiger partial charge in [-0.3, -0.25) is 4.99 Å². The molecule has 2 fully saturated rings. The zero-order chi connectivity index (χ0) is 10.7. The highest BCUT2D eigenvalue weighted by Crippen LogP contribution is 2.34. The molecule has 0 amide bonds. The van der Waals surface area contributed by atoms with Gasteiger partial charge in [-0.25, -0.2) is 0 Å². The molecule has 2 nitrogen and oxygen atoms in total. The molecule has 0 spiro atoms. The van der Waals surface area contributed by atoms with Crippen LogP contribution in [0.25, 0.3) is 0 Å². The lowest BCUT2D eigenvalue weighted by Crippen LogP contribution is -2.27. The van der Waals surface area contributed by atoms with Crippen molar-refractivity contribution in [1.82, 2.24) is 0 Å². The van der Waals surface area contributed by atoms with Crippen LogP contribution in [0.3, 0.4) is 0 Å². The van der Waals surface area contributed by atoms with E-state index in [4.69, 9.17) is 5.73 Å². The molecule has 0 heterocycles. The highest BCUT2D eigenvalue weighted by molar-refractivity contribution is 5.83. The van der Waals surface area contributed by atoms with E-state index < -0.39 is 0 Å². The van der Waals surface area contributed by atoms with E-state index >= 15 is 0 Å². The molecule has 1 unspecified atom stereocenters. The van der Waals surface area contributed by atoms with Crippen LogP contribution < -0.4 is 5.73 Å². The Balaban J connectivity index is 1.80. The quantitative estimate of drug-likeness (QED) is 0.559. The van der Waals surface area contributed by atoms with E-state index in [-0.39, 0.29) is 0 Å². The minimum absolute atomic E-state index is 0.458. The zero-order valence-electron chi connectivity index (χ0n) is 9.91. The van der Waals surface area contributed by atoms with Gasteiger partial charge in [-0.15, -0.1) is 0 Å². The Labute approximate surface area is 93.3 Å². The molecule has 2 rings (SSSR count). The topological polar surface area (TPSA) is 38.4 Å². The second-order valence-electron chi connectivity index (χ2n) is 5.42. The van der Waals surface area contributed by atoms with E-state index in [9.17, 15) is 0 Å². The maximum atomic E-state index is 6.10. The summed E-state index contributed by atoms with van der Waals surface area (Å²) in [4.78, 5) is 4.68. The Morgan fingerprint density at radius 3 is 2.47 bits per heavy atom. The lowest BCUT2D eigenvalue weighted by Gasteiger charge is -2.21. The first-order valence-corrected chi connectivity index (χ1v) is 6.59. The molecule has 0 aromatic heterocycles. The van der Waals surface area contributed by atoms with Crippen molar-refractivity contribution in [3.05, 3.63) is 0 Å². The Morgan fingerprint density at radius 1 is 1.20 bits per heavy atom. The van der Waals surface area contributed by atoms with Crippen molar-refractivity contribution in [1.29, 1.82) is 0 Å². The molecule has 2 aliphatic rings. The third-order valence-corrected chi connectivity index (χ3v) is 3.76. The van der Waals surface area contributed by atoms with Crippen LogP contribution in [0.2, 0.25) is 0 Å². The molecular weight excluding hydrogens is 184 g/mol. The van der Waals surface area contributed by atoms with Crippen LogP contribution in [0.5, 0.6) is 0 Å². The number of nitrogens with two attached hydrogens (primary N) is 1. The van der Waals surface area contributed by atoms with Crippen LogP contribution >= 0.6 is 0 Å². The standard InChI is InChI=1S/C13H24N2/c1-10(9-11-7-8-11)15-13(14)12-5-3-2-4-6-12/h10-12H,2-9H2,1H3,(H2,14,15). The number of nitrogens with zero attached hydrogens (tertiary/aromatic N) is 1. The summed E-state index contributed by atoms with van der Waals surface area (Å²) >= 11 is 0. The number of hydrogen-bond acceptors (Lipinski definition) is 1. The fourth-order valence-electron chi connectivity index (χ4n) is 2.65. The van der Waals surface area contributed by atoms with Gasteiger partial charge >= 0.3 is 0 Å². The van der Waals surface area contributed by atoms with E-state index in [0.717, 1.165) is 11.8 Å². The number of hydrogen-bond donors (Lipinski definition) is 1. The number of aliphatic imine (C=N–C) groups is 1. The van der Waals surface area contributed by atoms with E-state index in [1.807, 2.05) is 0 Å². The predicted molar refractivity (Wildman–Crippen MR) is 65.0 cm³/mol. The molecule has 0 radical (unpaired) electrons. The molecule has 2 aliphatic carbocycles. The van der Waals surface area contributed by atoms with Crippen molar-refractivity contribution in [2.75, 3.05) is 0 Å². The first-order valence-electron chi connectivity index (χ1n) is 6.59. The van der Waals surface area contributed by atoms with E-state index in [1.165, 1.54) is 51.4 Å². The van der Waals surface area contributed by atoms with Gasteiger partial charge in [-0.1, -0.05) is 32.1 Å². The summed E-state index contributed by atoms with van der Waals surface area (Å²) < 4.78 is 0. The maximum absolute atomic E-state index is 6.10. The second-order valence-corrected chi connectivity index (χ2v) is 5.42. The van der Waals surface area contributed by atoms with Gasteiger partial charge in [0.25, 0.3) is 0 Å². The van der Waals surface area contributed by atoms with Gasteiger partial charge in [0.15, 0.2) is 0 Å². The fourth-order valence-corrected chi connectivity index (χ4v) is 2.65. The minimum atomic E-state index is 0.458. The lowest BCUT2D eigenvalue weighted by atomic mass is 9.88. The number of amidine groups is 1. The van der Waals surface area contributed by atoms with Gasteiger partial charge in [-0.2, -0.15) is 0 Å². The van der Waals surface area contributed by atoms with Gasteiger partial charge in [0.2, 0.25) is 0 Å². The molecule has 15 heavy (non-hydrogen) atoms. The molecule has 0 aliphatic heterocycles. The summed E-state index contributed by atoms with van der Waals surface area (Å²) in [5.74, 6) is 2.51. The van der Waals surface area contributed by atoms with E-state index in [0.29, 0.717) is 12.0 Å². The Hall–Kier alpha value is -0.530. The van der Waals surface area contributed by atoms with Crippen molar-refractivity contribution in [3.63, 3.8) is 0 Å². The van der Waals surface area contributed by atoms with Gasteiger partial charge in [0.1, 0.15) is 0 Å². The summed E-state index contributed by atoms with van der Waals surface area (Å²) in [7, 11) is 0. The third-order valence-electron chi connectivity index (χ3n) is 3.76. The summed E-state index contributed by atoms with van der Waals surface area (Å²) in [6, 6.07) is 0.458. The van der Waals surface area contributed by atoms with Crippen LogP contribution in [0, 0.1) is 11.8 Å². The van der Waals surface area contributed by atoms with Crippen LogP contribution in [-0.4, -0.2) is 11.9 Å². The molecule has 2 heteroatoms. The smallest absolute Gasteiger partial charge is 0.0971 e. The predicted octanol–water partition coefficient (Wildman–Crippen LogP) is 3.11. The highest BCUT2D eigenvalue weighted by Gasteiger charge is 2.24. The van der Waals surface area contributed by atoms with Crippen LogP contribution in [-0.2, 0) is 0 Å². The largest absolute Gasteiger partial charge is 0.387 e. The van der Waals surface area contributed by atoms with Crippen LogP contribution in [0.4, 0.5) is 0 Å². The zero-order valence-corrected chi connectivity index (χ0v) is 9.91. The van der Waals surface area contributed by atoms with Crippen molar-refractivity contribution in [2.45, 2.75) is 64.3 Å². The normalized spacial score (nSPS) is 26.6. The molecule has 86 valence electrons. The van der Waals surface area contributed by atoms with Crippen molar-refractivity contribution in [2.24, 2.45) is 22.6 Å². The van der Waals surface area contributed by atoms with E-state index in [2.05, 4.69) is 11.9 Å². The van der Waals surface area contributed by atoms with Crippen molar-refractivity contribution < 1.29 is 0 Å². The highest BCUT2D eigenvalue weighted by atomic mass is 14.9. The van der Waals surface area contributed by atoms with Gasteiger partial charge < -0.3 is 5.73 Å². The molecule has 0 aromatic carbocycles. The summed E-state index contributed by atoms with van der Waals surface area (Å²) in [5.41, 5.74) is 6.10. The molecule has 2 N–H and O–H groups in total. The van der Waals surface area contributed by atoms with E-state index in [1.54, 1.807) is 0 Å². The molecular formula is C13H24N2. The first-order chi connectivity index (χ1) is 7.25. The average molecular weight is 208 g/mol. The second kappa shape index (κ2) is 5.00. The Morgan fingerprint density at radius 2 is 1.87 bits per heavy atom. The first kappa shape index (κ1) is 11.0. The number of rotatable bonds is 4. The fraction of sp³-hybridized carbons (Fsp3) is 0.923. The van der Waals surface area contributed by atoms with Gasteiger partial charge in [-0.05, 0) is 32.1 Å². The average Bonchev–Trinajstić information content (AvgIpc) is 3.03. The van der Waals surface area contributed by atoms with Crippen molar-refractivity contribution in [3.8, 4) is 0 Å². The summed E-state index contributed by atoms with van der Waals surface area (Å²) in [5, 5.41) is 0. The molecule has 0 bridgehead atoms. The van der Waals surface area contributed by atoms with Crippen LogP contribution in [0.15, 0.2) is 4.99 Å². The SMILES string of the molecule is CC(CC1CC1)N=C(N)C1CCCCC1. The van der Waals surface area contributed by atoms with Crippen LogP contribution in [0.1, 0.15) is 58.3 Å². The maximum Gasteiger partial charge on any atom is 0.0971 e. The summed E-state index contributed by atoms with van der Waals surface area (Å²) in [6.07, 6.45) is 10.7. The molecule has 0 saturated heterocycles. The summed E-state index contributed by atoms with van der Waals surface area (Å²) in [6.45, 7) is 2.22. The van der Waals surface area contributed by atoms with Gasteiger partial charge in [0.05, 0.1) is 5.84 Å². The van der Waals surface area contributed by atoms with Gasteiger partial charge in [0, 0.05) is 12.0 Å². The minimum Gasteiger partial charge on any atom is -0.387 e.